The van der Waals surface area contributed by atoms with E-state index in [0.717, 1.165) is 14.9 Å². The summed E-state index contributed by atoms with van der Waals surface area (Å²) in [5.41, 5.74) is 2.19. The molecular formula is C29H26BrN3O7. The summed E-state index contributed by atoms with van der Waals surface area (Å²) in [5, 5.41) is 2.30. The fraction of sp³-hybridized carbons (Fsp3) is 0.241. The molecule has 1 saturated heterocycles. The highest BCUT2D eigenvalue weighted by Crippen LogP contribution is 2.46. The Morgan fingerprint density at radius 3 is 2.52 bits per heavy atom. The van der Waals surface area contributed by atoms with E-state index in [1.165, 1.54) is 7.11 Å². The number of urea groups is 1. The lowest BCUT2D eigenvalue weighted by atomic mass is 9.90. The predicted molar refractivity (Wildman–Crippen MR) is 149 cm³/mol. The van der Waals surface area contributed by atoms with Crippen LogP contribution in [0.1, 0.15) is 21.5 Å². The second-order valence-corrected chi connectivity index (χ2v) is 10.2. The molecule has 3 aromatic rings. The molecule has 5 amide bonds. The Hall–Kier alpha value is -4.38. The van der Waals surface area contributed by atoms with Crippen LogP contribution >= 0.6 is 15.9 Å². The zero-order valence-electron chi connectivity index (χ0n) is 21.8. The van der Waals surface area contributed by atoms with Crippen molar-refractivity contribution in [1.29, 1.82) is 0 Å². The van der Waals surface area contributed by atoms with E-state index in [0.29, 0.717) is 47.0 Å². The number of nitrogens with zero attached hydrogens (tertiary/aromatic N) is 2. The lowest BCUT2D eigenvalue weighted by molar-refractivity contribution is -0.134. The highest BCUT2D eigenvalue weighted by atomic mass is 79.9. The quantitative estimate of drug-likeness (QED) is 0.386. The first-order valence-electron chi connectivity index (χ1n) is 12.5. The molecule has 0 aliphatic carbocycles. The molecule has 0 spiro atoms. The smallest absolute Gasteiger partial charge is 0.335 e. The van der Waals surface area contributed by atoms with Crippen molar-refractivity contribution in [2.24, 2.45) is 5.92 Å². The molecule has 0 aromatic heterocycles. The van der Waals surface area contributed by atoms with E-state index in [4.69, 9.17) is 14.2 Å². The monoisotopic (exact) mass is 607 g/mol. The minimum atomic E-state index is -1.21. The van der Waals surface area contributed by atoms with Gasteiger partial charge in [0.1, 0.15) is 5.92 Å². The molecule has 2 aliphatic heterocycles. The Labute approximate surface area is 238 Å². The number of ether oxygens (including phenoxy) is 3. The van der Waals surface area contributed by atoms with E-state index in [9.17, 15) is 19.2 Å². The molecule has 3 aromatic carbocycles. The lowest BCUT2D eigenvalue weighted by Gasteiger charge is -2.31. The van der Waals surface area contributed by atoms with Crippen LogP contribution in [0, 0.1) is 5.92 Å². The Bertz CT molecular complexity index is 1480. The Morgan fingerprint density at radius 2 is 1.82 bits per heavy atom. The number of benzene rings is 3. The lowest BCUT2D eigenvalue weighted by Crippen LogP contribution is -2.58. The van der Waals surface area contributed by atoms with Gasteiger partial charge in [-0.2, -0.15) is 0 Å². The average Bonchev–Trinajstić information content (AvgIpc) is 3.43. The maximum atomic E-state index is 13.6. The molecule has 1 fully saturated rings. The zero-order valence-corrected chi connectivity index (χ0v) is 23.4. The molecule has 5 rings (SSSR count). The number of rotatable bonds is 8. The average molecular weight is 608 g/mol. The first-order valence-corrected chi connectivity index (χ1v) is 13.3. The van der Waals surface area contributed by atoms with Crippen molar-refractivity contribution in [1.82, 2.24) is 10.2 Å². The highest BCUT2D eigenvalue weighted by Gasteiger charge is 2.42. The first-order chi connectivity index (χ1) is 19.3. The molecule has 206 valence electrons. The number of amides is 5. The Balaban J connectivity index is 1.45. The second-order valence-electron chi connectivity index (χ2n) is 9.33. The Morgan fingerprint density at radius 1 is 1.10 bits per heavy atom. The number of likely N-dealkylation sites (N-methyl/N-ethyl adjacent to an activating group) is 1. The molecule has 0 saturated carbocycles. The number of imide groups is 2. The van der Waals surface area contributed by atoms with E-state index >= 15 is 0 Å². The number of methoxy groups -OCH3 is 1. The van der Waals surface area contributed by atoms with Gasteiger partial charge in [0.2, 0.25) is 24.4 Å². The largest absolute Gasteiger partial charge is 0.492 e. The van der Waals surface area contributed by atoms with Crippen LogP contribution in [-0.4, -0.2) is 56.1 Å². The molecule has 0 bridgehead atoms. The summed E-state index contributed by atoms with van der Waals surface area (Å²) in [5.74, 6) is -1.52. The number of anilines is 1. The summed E-state index contributed by atoms with van der Waals surface area (Å²) < 4.78 is 17.7. The van der Waals surface area contributed by atoms with Crippen LogP contribution in [0.3, 0.4) is 0 Å². The molecule has 10 nitrogen and oxygen atoms in total. The van der Waals surface area contributed by atoms with Crippen molar-refractivity contribution in [3.05, 3.63) is 81.8 Å². The second kappa shape index (κ2) is 11.4. The van der Waals surface area contributed by atoms with Crippen molar-refractivity contribution >= 4 is 45.4 Å². The number of carbonyl (C=O) groups is 4. The number of carbonyl (C=O) groups excluding carboxylic acids is 4. The molecule has 40 heavy (non-hydrogen) atoms. The van der Waals surface area contributed by atoms with Crippen molar-refractivity contribution in [3.63, 3.8) is 0 Å². The van der Waals surface area contributed by atoms with Gasteiger partial charge in [0, 0.05) is 29.2 Å². The number of hydrogen-bond acceptors (Lipinski definition) is 7. The van der Waals surface area contributed by atoms with E-state index in [1.807, 2.05) is 6.07 Å². The number of barbiturate groups is 1. The van der Waals surface area contributed by atoms with Gasteiger partial charge in [-0.05, 0) is 60.9 Å². The zero-order chi connectivity index (χ0) is 28.4. The van der Waals surface area contributed by atoms with Crippen LogP contribution in [0.4, 0.5) is 10.5 Å². The number of fused-ring (bicyclic) bond motifs is 1. The van der Waals surface area contributed by atoms with Gasteiger partial charge in [-0.1, -0.05) is 34.1 Å². The van der Waals surface area contributed by atoms with E-state index in [1.54, 1.807) is 66.5 Å². The van der Waals surface area contributed by atoms with Crippen molar-refractivity contribution in [3.8, 4) is 17.2 Å². The normalized spacial score (nSPS) is 16.1. The van der Waals surface area contributed by atoms with E-state index in [-0.39, 0.29) is 19.1 Å². The first kappa shape index (κ1) is 27.2. The van der Waals surface area contributed by atoms with Gasteiger partial charge in [-0.3, -0.25) is 19.7 Å². The summed E-state index contributed by atoms with van der Waals surface area (Å²) in [6, 6.07) is 16.5. The SMILES string of the molecule is COc1c(CC2C(=O)NC(=O)N(c3ccc(Br)cc3)C2=O)c(CCN(C)C(=O)c2ccccc2)cc2c1OCO2. The van der Waals surface area contributed by atoms with E-state index < -0.39 is 23.8 Å². The van der Waals surface area contributed by atoms with Gasteiger partial charge < -0.3 is 19.1 Å². The summed E-state index contributed by atoms with van der Waals surface area (Å²) in [6.45, 7) is 0.341. The summed E-state index contributed by atoms with van der Waals surface area (Å²) in [4.78, 5) is 54.7. The van der Waals surface area contributed by atoms with Crippen molar-refractivity contribution < 1.29 is 33.4 Å². The maximum absolute atomic E-state index is 13.6. The van der Waals surface area contributed by atoms with Crippen molar-refractivity contribution in [2.75, 3.05) is 32.4 Å². The van der Waals surface area contributed by atoms with Crippen LogP contribution in [0.15, 0.2) is 65.1 Å². The van der Waals surface area contributed by atoms with Gasteiger partial charge >= 0.3 is 6.03 Å². The van der Waals surface area contributed by atoms with Crippen LogP contribution in [-0.2, 0) is 22.4 Å². The van der Waals surface area contributed by atoms with Gasteiger partial charge in [-0.25, -0.2) is 9.69 Å². The third-order valence-corrected chi connectivity index (χ3v) is 7.39. The van der Waals surface area contributed by atoms with Gasteiger partial charge in [0.15, 0.2) is 11.5 Å². The predicted octanol–water partition coefficient (Wildman–Crippen LogP) is 3.94. The molecule has 1 atom stereocenters. The summed E-state index contributed by atoms with van der Waals surface area (Å²) >= 11 is 3.34. The van der Waals surface area contributed by atoms with E-state index in [2.05, 4.69) is 21.2 Å². The van der Waals surface area contributed by atoms with Gasteiger partial charge in [-0.15, -0.1) is 0 Å². The summed E-state index contributed by atoms with van der Waals surface area (Å²) in [6.07, 6.45) is 0.325. The fourth-order valence-corrected chi connectivity index (χ4v) is 5.05. The van der Waals surface area contributed by atoms with Crippen LogP contribution in [0.2, 0.25) is 0 Å². The third kappa shape index (κ3) is 5.24. The molecule has 1 N–H and O–H groups in total. The molecule has 1 unspecified atom stereocenters. The van der Waals surface area contributed by atoms with Gasteiger partial charge in [0.25, 0.3) is 5.91 Å². The molecule has 0 radical (unpaired) electrons. The molecular weight excluding hydrogens is 582 g/mol. The Kier molecular flexibility index (Phi) is 7.74. The van der Waals surface area contributed by atoms with Gasteiger partial charge in [0.05, 0.1) is 12.8 Å². The highest BCUT2D eigenvalue weighted by molar-refractivity contribution is 9.10. The maximum Gasteiger partial charge on any atom is 0.335 e. The topological polar surface area (TPSA) is 114 Å². The number of halogens is 1. The molecule has 2 heterocycles. The van der Waals surface area contributed by atoms with Crippen LogP contribution in [0.25, 0.3) is 0 Å². The molecule has 2 aliphatic rings. The minimum Gasteiger partial charge on any atom is -0.492 e. The summed E-state index contributed by atoms with van der Waals surface area (Å²) in [7, 11) is 3.18. The molecule has 11 heteroatoms. The fourth-order valence-electron chi connectivity index (χ4n) is 4.79. The minimum absolute atomic E-state index is 0.00429. The standard InChI is InChI=1S/C29H26BrN3O7/c1-32(27(35)17-6-4-3-5-7-17)13-12-18-14-23-25(40-16-39-23)24(38-2)21(18)15-22-26(34)31-29(37)33(28(22)36)20-10-8-19(30)9-11-20/h3-11,14,22H,12-13,15-16H2,1-2H3,(H,31,34,37). The van der Waals surface area contributed by atoms with Crippen LogP contribution in [0.5, 0.6) is 17.2 Å². The third-order valence-electron chi connectivity index (χ3n) is 6.86. The number of hydrogen-bond donors (Lipinski definition) is 1. The van der Waals surface area contributed by atoms with Crippen LogP contribution < -0.4 is 24.4 Å². The van der Waals surface area contributed by atoms with Crippen molar-refractivity contribution in [2.45, 2.75) is 12.8 Å². The number of nitrogens with one attached hydrogen (secondary N) is 1.